The van der Waals surface area contributed by atoms with Crippen molar-refractivity contribution in [1.82, 2.24) is 29.5 Å². The Labute approximate surface area is 367 Å². The van der Waals surface area contributed by atoms with Crippen molar-refractivity contribution < 1.29 is 17.9 Å². The fourth-order valence-electron chi connectivity index (χ4n) is 8.93. The predicted molar refractivity (Wildman–Crippen MR) is 242 cm³/mol. The number of piperazine rings is 1. The Balaban J connectivity index is 0.903. The molecule has 1 amide bonds. The van der Waals surface area contributed by atoms with E-state index in [1.54, 1.807) is 24.5 Å². The highest BCUT2D eigenvalue weighted by Gasteiger charge is 2.33. The van der Waals surface area contributed by atoms with Crippen LogP contribution in [-0.2, 0) is 10.0 Å². The molecule has 0 bridgehead atoms. The van der Waals surface area contributed by atoms with Crippen LogP contribution in [0.4, 0.5) is 11.5 Å². The Hall–Kier alpha value is -4.66. The number of benzene rings is 2. The van der Waals surface area contributed by atoms with Crippen molar-refractivity contribution >= 4 is 67.2 Å². The molecule has 0 spiro atoms. The van der Waals surface area contributed by atoms with E-state index in [0.717, 1.165) is 100 Å². The Morgan fingerprint density at radius 1 is 0.918 bits per heavy atom. The molecule has 0 radical (unpaired) electrons. The zero-order valence-electron chi connectivity index (χ0n) is 34.6. The molecule has 5 aromatic rings. The molecule has 3 fully saturated rings. The van der Waals surface area contributed by atoms with Gasteiger partial charge in [0.25, 0.3) is 15.9 Å². The van der Waals surface area contributed by atoms with Crippen LogP contribution in [-0.4, -0.2) is 97.0 Å². The lowest BCUT2D eigenvalue weighted by molar-refractivity contribution is 0.0979. The van der Waals surface area contributed by atoms with Crippen LogP contribution < -0.4 is 19.7 Å². The quantitative estimate of drug-likeness (QED) is 0.111. The molecule has 2 aliphatic carbocycles. The smallest absolute Gasteiger partial charge is 0.268 e. The van der Waals surface area contributed by atoms with Crippen LogP contribution in [0.2, 0.25) is 10.0 Å². The van der Waals surface area contributed by atoms with Crippen molar-refractivity contribution in [2.45, 2.75) is 75.8 Å². The Kier molecular flexibility index (Phi) is 11.8. The summed E-state index contributed by atoms with van der Waals surface area (Å²) in [6.07, 6.45) is 12.3. The number of H-pyrrole nitrogens is 1. The highest BCUT2D eigenvalue weighted by molar-refractivity contribution is 7.90. The summed E-state index contributed by atoms with van der Waals surface area (Å²) >= 11 is 12.8. The van der Waals surface area contributed by atoms with Gasteiger partial charge < -0.3 is 24.8 Å². The summed E-state index contributed by atoms with van der Waals surface area (Å²) in [6.45, 7) is 10.9. The van der Waals surface area contributed by atoms with Gasteiger partial charge in [-0.2, -0.15) is 0 Å². The summed E-state index contributed by atoms with van der Waals surface area (Å²) in [5.74, 6) is 0.192. The van der Waals surface area contributed by atoms with Crippen LogP contribution in [0.3, 0.4) is 0 Å². The number of ether oxygens (including phenoxy) is 1. The molecule has 61 heavy (non-hydrogen) atoms. The number of sulfonamides is 1. The molecule has 3 N–H and O–H groups in total. The van der Waals surface area contributed by atoms with Gasteiger partial charge in [-0.25, -0.2) is 23.1 Å². The maximum Gasteiger partial charge on any atom is 0.268 e. The molecule has 2 saturated heterocycles. The Morgan fingerprint density at radius 3 is 2.43 bits per heavy atom. The minimum atomic E-state index is -4.36. The molecule has 2 aliphatic heterocycles. The van der Waals surface area contributed by atoms with Gasteiger partial charge in [0.1, 0.15) is 27.9 Å². The third-order valence-electron chi connectivity index (χ3n) is 12.6. The molecule has 4 aliphatic rings. The molecule has 5 heterocycles. The maximum absolute atomic E-state index is 13.9. The van der Waals surface area contributed by atoms with Gasteiger partial charge in [0.05, 0.1) is 16.8 Å². The first-order chi connectivity index (χ1) is 29.4. The summed E-state index contributed by atoms with van der Waals surface area (Å²) in [6, 6.07) is 19.5. The largest absolute Gasteiger partial charge is 0.455 e. The van der Waals surface area contributed by atoms with E-state index in [0.29, 0.717) is 17.2 Å². The molecular weight excluding hydrogens is 832 g/mol. The third kappa shape index (κ3) is 9.71. The average molecular weight is 884 g/mol. The number of fused-ring (bicyclic) bond motifs is 1. The second-order valence-corrected chi connectivity index (χ2v) is 20.2. The molecule has 0 unspecified atom stereocenters. The van der Waals surface area contributed by atoms with Crippen LogP contribution >= 0.6 is 23.2 Å². The fraction of sp³-hybridized carbons (Fsp3) is 0.413. The first kappa shape index (κ1) is 41.7. The highest BCUT2D eigenvalue weighted by atomic mass is 35.5. The molecular formula is C46H52Cl2N8O4S. The van der Waals surface area contributed by atoms with Gasteiger partial charge in [-0.1, -0.05) is 54.8 Å². The summed E-state index contributed by atoms with van der Waals surface area (Å²) in [7, 11) is -4.36. The number of rotatable bonds is 12. The number of nitrogens with zero attached hydrogens (tertiary/aromatic N) is 5. The number of hydrogen-bond donors (Lipinski definition) is 3. The van der Waals surface area contributed by atoms with E-state index in [-0.39, 0.29) is 32.7 Å². The predicted octanol–water partition coefficient (Wildman–Crippen LogP) is 9.00. The lowest BCUT2D eigenvalue weighted by atomic mass is 9.72. The lowest BCUT2D eigenvalue weighted by Gasteiger charge is -2.39. The second-order valence-electron chi connectivity index (χ2n) is 17.7. The van der Waals surface area contributed by atoms with Gasteiger partial charge >= 0.3 is 0 Å². The molecule has 2 aromatic carbocycles. The van der Waals surface area contributed by atoms with Crippen molar-refractivity contribution in [3.8, 4) is 11.5 Å². The molecule has 3 aromatic heterocycles. The number of carbonyl (C=O) groups is 1. The van der Waals surface area contributed by atoms with E-state index in [4.69, 9.17) is 27.9 Å². The molecule has 320 valence electrons. The number of piperidine rings is 1. The molecule has 1 saturated carbocycles. The Bertz CT molecular complexity index is 2560. The lowest BCUT2D eigenvalue weighted by Crippen LogP contribution is -2.47. The zero-order valence-corrected chi connectivity index (χ0v) is 36.9. The van der Waals surface area contributed by atoms with Crippen molar-refractivity contribution in [3.05, 3.63) is 106 Å². The standard InChI is InChI=1S/C46H52Cl2N8O4S/c1-46(2)15-11-32(40(26-46)30-3-5-33(47)6-4-30)29-54-19-21-56(22-20-54)36-9-10-39(42(24-36)60-37-23-31-12-16-49-43(31)50-27-37)45(57)53-61(58,59)38-25-41(48)44(51-28-38)52-34-13-17-55(18-14-34)35-7-8-35/h3-6,9-10,12,16,23-25,27-28,34-35H,7-8,11,13-15,17-22,26,29H2,1-2H3,(H,49,50)(H,51,52)(H,53,57). The van der Waals surface area contributed by atoms with Gasteiger partial charge in [-0.15, -0.1) is 0 Å². The molecule has 12 nitrogen and oxygen atoms in total. The molecule has 15 heteroatoms. The van der Waals surface area contributed by atoms with E-state index in [1.807, 2.05) is 30.3 Å². The molecule has 9 rings (SSSR count). The first-order valence-electron chi connectivity index (χ1n) is 21.3. The zero-order chi connectivity index (χ0) is 42.3. The summed E-state index contributed by atoms with van der Waals surface area (Å²) in [5, 5.41) is 5.14. The van der Waals surface area contributed by atoms with E-state index in [9.17, 15) is 13.2 Å². The van der Waals surface area contributed by atoms with E-state index in [2.05, 4.69) is 65.7 Å². The number of hydrogen-bond acceptors (Lipinski definition) is 10. The normalized spacial score (nSPS) is 19.3. The van der Waals surface area contributed by atoms with Gasteiger partial charge in [0.15, 0.2) is 0 Å². The number of anilines is 2. The van der Waals surface area contributed by atoms with Crippen LogP contribution in [0.15, 0.2) is 89.7 Å². The van der Waals surface area contributed by atoms with Crippen LogP contribution in [0.25, 0.3) is 16.6 Å². The van der Waals surface area contributed by atoms with Crippen LogP contribution in [0.1, 0.15) is 74.7 Å². The minimum absolute atomic E-state index is 0.0527. The Morgan fingerprint density at radius 2 is 1.69 bits per heavy atom. The van der Waals surface area contributed by atoms with Gasteiger partial charge in [0, 0.05) is 92.5 Å². The average Bonchev–Trinajstić information content (AvgIpc) is 3.99. The first-order valence-corrected chi connectivity index (χ1v) is 23.5. The number of pyridine rings is 2. The fourth-order valence-corrected chi connectivity index (χ4v) is 10.3. The van der Waals surface area contributed by atoms with Gasteiger partial charge in [-0.3, -0.25) is 9.69 Å². The summed E-state index contributed by atoms with van der Waals surface area (Å²) in [4.78, 5) is 32.9. The minimum Gasteiger partial charge on any atom is -0.455 e. The number of aromatic amines is 1. The topological polar surface area (TPSA) is 136 Å². The van der Waals surface area contributed by atoms with E-state index < -0.39 is 15.9 Å². The number of allylic oxidation sites excluding steroid dienone is 1. The molecule has 0 atom stereocenters. The van der Waals surface area contributed by atoms with Gasteiger partial charge in [0.2, 0.25) is 0 Å². The summed E-state index contributed by atoms with van der Waals surface area (Å²) in [5.41, 5.74) is 6.04. The number of aromatic nitrogens is 3. The van der Waals surface area contributed by atoms with Crippen LogP contribution in [0.5, 0.6) is 11.5 Å². The van der Waals surface area contributed by atoms with Crippen molar-refractivity contribution in [3.63, 3.8) is 0 Å². The SMILES string of the molecule is CC1(C)CCC(CN2CCN(c3ccc(C(=O)NS(=O)(=O)c4cnc(NC5CCN(C6CC6)CC5)c(Cl)c4)c(Oc4cnc5[nH]ccc5c4)c3)CC2)=C(c2ccc(Cl)cc2)C1. The van der Waals surface area contributed by atoms with E-state index >= 15 is 0 Å². The monoisotopic (exact) mass is 882 g/mol. The van der Waals surface area contributed by atoms with E-state index in [1.165, 1.54) is 41.8 Å². The number of carbonyl (C=O) groups excluding carboxylic acids is 1. The highest BCUT2D eigenvalue weighted by Crippen LogP contribution is 2.43. The van der Waals surface area contributed by atoms with Crippen molar-refractivity contribution in [1.29, 1.82) is 0 Å². The number of amides is 1. The van der Waals surface area contributed by atoms with Gasteiger partial charge in [-0.05, 0) is 104 Å². The summed E-state index contributed by atoms with van der Waals surface area (Å²) < 4.78 is 35.9. The number of nitrogens with one attached hydrogen (secondary N) is 3. The maximum atomic E-state index is 13.9. The number of halogens is 2. The van der Waals surface area contributed by atoms with Crippen molar-refractivity contribution in [2.24, 2.45) is 5.41 Å². The van der Waals surface area contributed by atoms with Crippen LogP contribution in [0, 0.1) is 5.41 Å². The van der Waals surface area contributed by atoms with Crippen molar-refractivity contribution in [2.75, 3.05) is 56.0 Å². The third-order valence-corrected chi connectivity index (χ3v) is 14.5. The number of likely N-dealkylation sites (tertiary alicyclic amines) is 1. The second kappa shape index (κ2) is 17.2.